The van der Waals surface area contributed by atoms with E-state index >= 15 is 0 Å². The molecule has 4 nitrogen and oxygen atoms in total. The fraction of sp³-hybridized carbons (Fsp3) is 0.867. The number of carboxylic acid groups (broad SMARTS) is 1. The summed E-state index contributed by atoms with van der Waals surface area (Å²) in [6.07, 6.45) is 5.33. The quantitative estimate of drug-likeness (QED) is 0.822. The van der Waals surface area contributed by atoms with E-state index in [-0.39, 0.29) is 17.7 Å². The Bertz CT molecular complexity index is 355. The van der Waals surface area contributed by atoms with Crippen molar-refractivity contribution in [3.63, 3.8) is 0 Å². The van der Waals surface area contributed by atoms with E-state index in [2.05, 4.69) is 19.2 Å². The number of carboxylic acids is 1. The van der Waals surface area contributed by atoms with E-state index in [0.717, 1.165) is 18.8 Å². The van der Waals surface area contributed by atoms with E-state index in [1.54, 1.807) is 0 Å². The van der Waals surface area contributed by atoms with Crippen molar-refractivity contribution in [2.75, 3.05) is 0 Å². The predicted molar refractivity (Wildman–Crippen MR) is 72.6 cm³/mol. The SMILES string of the molecule is CCC1CCC(NC(=O)[C@@H]2CC[C@H](C(=O)O)C2)C1C. The Hall–Kier alpha value is -1.06. The van der Waals surface area contributed by atoms with Gasteiger partial charge in [-0.25, -0.2) is 0 Å². The molecular weight excluding hydrogens is 242 g/mol. The van der Waals surface area contributed by atoms with E-state index in [1.165, 1.54) is 12.8 Å². The Labute approximate surface area is 115 Å². The molecule has 0 heterocycles. The molecule has 0 bridgehead atoms. The van der Waals surface area contributed by atoms with Gasteiger partial charge in [0, 0.05) is 12.0 Å². The largest absolute Gasteiger partial charge is 0.481 e. The summed E-state index contributed by atoms with van der Waals surface area (Å²) in [5.74, 6) is 0.188. The Kier molecular flexibility index (Phi) is 4.48. The van der Waals surface area contributed by atoms with E-state index in [1.807, 2.05) is 0 Å². The van der Waals surface area contributed by atoms with Crippen molar-refractivity contribution in [2.45, 2.75) is 58.4 Å². The minimum absolute atomic E-state index is 0.0809. The molecule has 0 aromatic heterocycles. The second-order valence-corrected chi connectivity index (χ2v) is 6.27. The lowest BCUT2D eigenvalue weighted by molar-refractivity contribution is -0.141. The molecule has 1 amide bonds. The van der Waals surface area contributed by atoms with Crippen molar-refractivity contribution in [3.8, 4) is 0 Å². The molecule has 2 N–H and O–H groups in total. The third-order valence-corrected chi connectivity index (χ3v) is 5.23. The van der Waals surface area contributed by atoms with Crippen LogP contribution >= 0.6 is 0 Å². The molecule has 0 aliphatic heterocycles. The summed E-state index contributed by atoms with van der Waals surface area (Å²) >= 11 is 0. The average Bonchev–Trinajstić information content (AvgIpc) is 2.97. The number of amides is 1. The lowest BCUT2D eigenvalue weighted by Crippen LogP contribution is -2.40. The average molecular weight is 267 g/mol. The smallest absolute Gasteiger partial charge is 0.306 e. The summed E-state index contributed by atoms with van der Waals surface area (Å²) in [6, 6.07) is 0.293. The number of carbonyl (C=O) groups excluding carboxylic acids is 1. The molecule has 19 heavy (non-hydrogen) atoms. The van der Waals surface area contributed by atoms with Crippen LogP contribution in [-0.4, -0.2) is 23.0 Å². The van der Waals surface area contributed by atoms with Crippen molar-refractivity contribution >= 4 is 11.9 Å². The summed E-state index contributed by atoms with van der Waals surface area (Å²) in [7, 11) is 0. The Morgan fingerprint density at radius 2 is 1.84 bits per heavy atom. The zero-order chi connectivity index (χ0) is 14.0. The molecule has 2 aliphatic rings. The molecular formula is C15H25NO3. The van der Waals surface area contributed by atoms with Gasteiger partial charge in [0.1, 0.15) is 0 Å². The van der Waals surface area contributed by atoms with Crippen LogP contribution in [-0.2, 0) is 9.59 Å². The second kappa shape index (κ2) is 5.93. The first-order valence-corrected chi connectivity index (χ1v) is 7.56. The summed E-state index contributed by atoms with van der Waals surface area (Å²) in [5, 5.41) is 12.1. The third kappa shape index (κ3) is 3.10. The molecule has 5 atom stereocenters. The monoisotopic (exact) mass is 267 g/mol. The van der Waals surface area contributed by atoms with Crippen LogP contribution in [0.1, 0.15) is 52.4 Å². The van der Waals surface area contributed by atoms with E-state index in [4.69, 9.17) is 5.11 Å². The van der Waals surface area contributed by atoms with Crippen LogP contribution in [0.2, 0.25) is 0 Å². The standard InChI is InChI=1S/C15H25NO3/c1-3-10-6-7-13(9(10)2)16-14(17)11-4-5-12(8-11)15(18)19/h9-13H,3-8H2,1-2H3,(H,16,17)(H,18,19)/t9?,10?,11-,12+,13?/m1/s1. The molecule has 2 aliphatic carbocycles. The molecule has 0 spiro atoms. The first-order valence-electron chi connectivity index (χ1n) is 7.56. The van der Waals surface area contributed by atoms with Gasteiger partial charge in [-0.15, -0.1) is 0 Å². The number of hydrogen-bond donors (Lipinski definition) is 2. The van der Waals surface area contributed by atoms with E-state index in [0.29, 0.717) is 24.8 Å². The van der Waals surface area contributed by atoms with Crippen molar-refractivity contribution in [3.05, 3.63) is 0 Å². The summed E-state index contributed by atoms with van der Waals surface area (Å²) in [5.41, 5.74) is 0. The first-order chi connectivity index (χ1) is 9.02. The van der Waals surface area contributed by atoms with Gasteiger partial charge in [-0.1, -0.05) is 20.3 Å². The van der Waals surface area contributed by atoms with Crippen LogP contribution in [0.5, 0.6) is 0 Å². The molecule has 2 saturated carbocycles. The Balaban J connectivity index is 1.84. The molecule has 0 radical (unpaired) electrons. The van der Waals surface area contributed by atoms with Crippen LogP contribution in [0.4, 0.5) is 0 Å². The molecule has 4 heteroatoms. The Morgan fingerprint density at radius 1 is 1.16 bits per heavy atom. The molecule has 2 fully saturated rings. The zero-order valence-electron chi connectivity index (χ0n) is 11.9. The van der Waals surface area contributed by atoms with E-state index in [9.17, 15) is 9.59 Å². The van der Waals surface area contributed by atoms with Gasteiger partial charge in [0.25, 0.3) is 0 Å². The van der Waals surface area contributed by atoms with Crippen LogP contribution < -0.4 is 5.32 Å². The number of rotatable bonds is 4. The number of hydrogen-bond acceptors (Lipinski definition) is 2. The second-order valence-electron chi connectivity index (χ2n) is 6.27. The number of nitrogens with one attached hydrogen (secondary N) is 1. The maximum Gasteiger partial charge on any atom is 0.306 e. The molecule has 0 saturated heterocycles. The molecule has 3 unspecified atom stereocenters. The number of carbonyl (C=O) groups is 2. The van der Waals surface area contributed by atoms with Crippen LogP contribution in [0.3, 0.4) is 0 Å². The van der Waals surface area contributed by atoms with E-state index < -0.39 is 5.97 Å². The lowest BCUT2D eigenvalue weighted by atomic mass is 9.93. The fourth-order valence-electron chi connectivity index (χ4n) is 3.77. The van der Waals surface area contributed by atoms with Gasteiger partial charge in [-0.05, 0) is 43.9 Å². The minimum atomic E-state index is -0.754. The van der Waals surface area contributed by atoms with Gasteiger partial charge in [-0.2, -0.15) is 0 Å². The highest BCUT2D eigenvalue weighted by Crippen LogP contribution is 2.35. The van der Waals surface area contributed by atoms with Gasteiger partial charge in [0.05, 0.1) is 5.92 Å². The number of aliphatic carboxylic acids is 1. The van der Waals surface area contributed by atoms with Gasteiger partial charge in [0.2, 0.25) is 5.91 Å². The van der Waals surface area contributed by atoms with Crippen molar-refractivity contribution < 1.29 is 14.7 Å². The normalized spacial score (nSPS) is 38.3. The highest BCUT2D eigenvalue weighted by molar-refractivity contribution is 5.81. The van der Waals surface area contributed by atoms with Crippen LogP contribution in [0.25, 0.3) is 0 Å². The van der Waals surface area contributed by atoms with Crippen LogP contribution in [0, 0.1) is 23.7 Å². The van der Waals surface area contributed by atoms with Crippen molar-refractivity contribution in [2.24, 2.45) is 23.7 Å². The highest BCUT2D eigenvalue weighted by atomic mass is 16.4. The first kappa shape index (κ1) is 14.4. The van der Waals surface area contributed by atoms with Gasteiger partial charge < -0.3 is 10.4 Å². The zero-order valence-corrected chi connectivity index (χ0v) is 11.9. The molecule has 0 aromatic rings. The summed E-state index contributed by atoms with van der Waals surface area (Å²) < 4.78 is 0. The summed E-state index contributed by atoms with van der Waals surface area (Å²) in [4.78, 5) is 23.1. The topological polar surface area (TPSA) is 66.4 Å². The minimum Gasteiger partial charge on any atom is -0.481 e. The van der Waals surface area contributed by atoms with Gasteiger partial charge in [0.15, 0.2) is 0 Å². The van der Waals surface area contributed by atoms with Gasteiger partial charge in [-0.3, -0.25) is 9.59 Å². The molecule has 108 valence electrons. The maximum atomic E-state index is 12.2. The van der Waals surface area contributed by atoms with Crippen molar-refractivity contribution in [1.29, 1.82) is 0 Å². The third-order valence-electron chi connectivity index (χ3n) is 5.23. The van der Waals surface area contributed by atoms with Crippen LogP contribution in [0.15, 0.2) is 0 Å². The lowest BCUT2D eigenvalue weighted by Gasteiger charge is -2.22. The summed E-state index contributed by atoms with van der Waals surface area (Å²) in [6.45, 7) is 4.43. The fourth-order valence-corrected chi connectivity index (χ4v) is 3.77. The maximum absolute atomic E-state index is 12.2. The van der Waals surface area contributed by atoms with Crippen molar-refractivity contribution in [1.82, 2.24) is 5.32 Å². The molecule has 0 aromatic carbocycles. The predicted octanol–water partition coefficient (Wildman–Crippen LogP) is 2.43. The Morgan fingerprint density at radius 3 is 2.37 bits per heavy atom. The molecule has 2 rings (SSSR count). The van der Waals surface area contributed by atoms with Gasteiger partial charge >= 0.3 is 5.97 Å². The highest BCUT2D eigenvalue weighted by Gasteiger charge is 2.37.